The van der Waals surface area contributed by atoms with Crippen molar-refractivity contribution >= 4 is 29.4 Å². The van der Waals surface area contributed by atoms with Gasteiger partial charge in [-0.05, 0) is 58.6 Å². The number of nitrogens with zero attached hydrogens (tertiary/aromatic N) is 3. The highest BCUT2D eigenvalue weighted by Gasteiger charge is 2.32. The second-order valence-corrected chi connectivity index (χ2v) is 9.28. The van der Waals surface area contributed by atoms with Gasteiger partial charge in [-0.15, -0.1) is 0 Å². The van der Waals surface area contributed by atoms with Gasteiger partial charge in [-0.1, -0.05) is 11.6 Å². The Morgan fingerprint density at radius 2 is 1.76 bits per heavy atom. The molecule has 0 radical (unpaired) electrons. The summed E-state index contributed by atoms with van der Waals surface area (Å²) < 4.78 is 5.32. The molecule has 0 atom stereocenters. The molecule has 0 spiro atoms. The fourth-order valence-corrected chi connectivity index (χ4v) is 4.00. The number of alkyl carbamates (subject to hydrolysis) is 1. The topological polar surface area (TPSA) is 74.8 Å². The van der Waals surface area contributed by atoms with Crippen LogP contribution in [0.1, 0.15) is 46.5 Å². The Morgan fingerprint density at radius 3 is 2.31 bits per heavy atom. The van der Waals surface area contributed by atoms with Crippen molar-refractivity contribution < 1.29 is 14.3 Å². The summed E-state index contributed by atoms with van der Waals surface area (Å²) in [5.74, 6) is 1.22. The Balaban J connectivity index is 1.42. The summed E-state index contributed by atoms with van der Waals surface area (Å²) in [5.41, 5.74) is -0.503. The molecular formula is C21H31ClN4O3. The van der Waals surface area contributed by atoms with E-state index in [1.54, 1.807) is 6.20 Å². The van der Waals surface area contributed by atoms with Gasteiger partial charge in [-0.3, -0.25) is 4.79 Å². The highest BCUT2D eigenvalue weighted by atomic mass is 35.5. The fraction of sp³-hybridized carbons (Fsp3) is 0.667. The molecule has 8 heteroatoms. The fourth-order valence-electron chi connectivity index (χ4n) is 3.89. The number of carbonyl (C=O) groups is 2. The minimum atomic E-state index is -0.503. The molecule has 29 heavy (non-hydrogen) atoms. The number of rotatable bonds is 3. The summed E-state index contributed by atoms with van der Waals surface area (Å²) in [6.45, 7) is 8.55. The first-order valence-electron chi connectivity index (χ1n) is 10.4. The average molecular weight is 423 g/mol. The van der Waals surface area contributed by atoms with Gasteiger partial charge in [0.2, 0.25) is 5.91 Å². The molecule has 3 rings (SSSR count). The molecule has 3 heterocycles. The van der Waals surface area contributed by atoms with Crippen LogP contribution in [0.5, 0.6) is 0 Å². The number of likely N-dealkylation sites (tertiary alicyclic amines) is 1. The van der Waals surface area contributed by atoms with Crippen LogP contribution in [-0.4, -0.2) is 59.7 Å². The second-order valence-electron chi connectivity index (χ2n) is 8.84. The van der Waals surface area contributed by atoms with E-state index in [2.05, 4.69) is 15.2 Å². The van der Waals surface area contributed by atoms with Crippen LogP contribution in [0.3, 0.4) is 0 Å². The second kappa shape index (κ2) is 9.20. The lowest BCUT2D eigenvalue weighted by Gasteiger charge is -2.37. The molecule has 7 nitrogen and oxygen atoms in total. The van der Waals surface area contributed by atoms with Gasteiger partial charge in [0.1, 0.15) is 11.4 Å². The number of pyridine rings is 1. The maximum absolute atomic E-state index is 12.9. The summed E-state index contributed by atoms with van der Waals surface area (Å²) in [7, 11) is 0. The molecule has 0 bridgehead atoms. The molecule has 2 saturated heterocycles. The van der Waals surface area contributed by atoms with Crippen molar-refractivity contribution in [3.8, 4) is 0 Å². The Labute approximate surface area is 177 Å². The SMILES string of the molecule is CC(C)(C)OC(=O)NC1CCN(C(=O)C2CCN(c3ccc(Cl)cn3)CC2)CC1. The number of hydrogen-bond donors (Lipinski definition) is 1. The van der Waals surface area contributed by atoms with Crippen molar-refractivity contribution in [2.24, 2.45) is 5.92 Å². The molecule has 0 aliphatic carbocycles. The number of halogens is 1. The predicted molar refractivity (Wildman–Crippen MR) is 113 cm³/mol. The van der Waals surface area contributed by atoms with Gasteiger partial charge in [0.15, 0.2) is 0 Å². The number of carbonyl (C=O) groups excluding carboxylic acids is 2. The summed E-state index contributed by atoms with van der Waals surface area (Å²) >= 11 is 5.91. The van der Waals surface area contributed by atoms with Crippen LogP contribution in [0.15, 0.2) is 18.3 Å². The Bertz CT molecular complexity index is 704. The van der Waals surface area contributed by atoms with Crippen LogP contribution in [0.4, 0.5) is 10.6 Å². The quantitative estimate of drug-likeness (QED) is 0.807. The molecule has 1 aromatic heterocycles. The first-order valence-corrected chi connectivity index (χ1v) is 10.7. The average Bonchev–Trinajstić information content (AvgIpc) is 2.67. The number of hydrogen-bond acceptors (Lipinski definition) is 5. The zero-order valence-electron chi connectivity index (χ0n) is 17.5. The van der Waals surface area contributed by atoms with E-state index in [0.29, 0.717) is 18.1 Å². The van der Waals surface area contributed by atoms with Crippen molar-refractivity contribution in [2.45, 2.75) is 58.1 Å². The molecule has 1 aromatic rings. The normalized spacial score (nSPS) is 19.2. The van der Waals surface area contributed by atoms with Gasteiger partial charge in [0, 0.05) is 44.3 Å². The molecular weight excluding hydrogens is 392 g/mol. The summed E-state index contributed by atoms with van der Waals surface area (Å²) in [6.07, 6.45) is 4.46. The minimum Gasteiger partial charge on any atom is -0.444 e. The third kappa shape index (κ3) is 6.23. The lowest BCUT2D eigenvalue weighted by atomic mass is 9.93. The van der Waals surface area contributed by atoms with Crippen LogP contribution < -0.4 is 10.2 Å². The van der Waals surface area contributed by atoms with Crippen molar-refractivity contribution in [1.82, 2.24) is 15.2 Å². The highest BCUT2D eigenvalue weighted by Crippen LogP contribution is 2.25. The largest absolute Gasteiger partial charge is 0.444 e. The Morgan fingerprint density at radius 1 is 1.10 bits per heavy atom. The smallest absolute Gasteiger partial charge is 0.407 e. The number of anilines is 1. The van der Waals surface area contributed by atoms with E-state index in [4.69, 9.17) is 16.3 Å². The molecule has 2 fully saturated rings. The number of piperidine rings is 2. The van der Waals surface area contributed by atoms with Gasteiger partial charge >= 0.3 is 6.09 Å². The third-order valence-electron chi connectivity index (χ3n) is 5.41. The van der Waals surface area contributed by atoms with Crippen LogP contribution >= 0.6 is 11.6 Å². The van der Waals surface area contributed by atoms with E-state index in [1.165, 1.54) is 0 Å². The monoisotopic (exact) mass is 422 g/mol. The van der Waals surface area contributed by atoms with Crippen LogP contribution in [0.25, 0.3) is 0 Å². The first-order chi connectivity index (χ1) is 13.7. The summed E-state index contributed by atoms with van der Waals surface area (Å²) in [4.78, 5) is 33.4. The molecule has 2 aliphatic rings. The molecule has 2 aliphatic heterocycles. The van der Waals surface area contributed by atoms with Crippen molar-refractivity contribution in [2.75, 3.05) is 31.1 Å². The number of amides is 2. The van der Waals surface area contributed by atoms with E-state index >= 15 is 0 Å². The Hall–Kier alpha value is -2.02. The van der Waals surface area contributed by atoms with E-state index < -0.39 is 5.60 Å². The van der Waals surface area contributed by atoms with Gasteiger partial charge in [0.25, 0.3) is 0 Å². The first kappa shape index (κ1) is 21.7. The Kier molecular flexibility index (Phi) is 6.88. The van der Waals surface area contributed by atoms with Crippen molar-refractivity contribution in [3.63, 3.8) is 0 Å². The van der Waals surface area contributed by atoms with E-state index in [1.807, 2.05) is 37.8 Å². The number of ether oxygens (including phenoxy) is 1. The molecule has 0 aromatic carbocycles. The lowest BCUT2D eigenvalue weighted by molar-refractivity contribution is -0.137. The molecule has 160 valence electrons. The van der Waals surface area contributed by atoms with Crippen molar-refractivity contribution in [3.05, 3.63) is 23.4 Å². The predicted octanol–water partition coefficient (Wildman–Crippen LogP) is 3.47. The van der Waals surface area contributed by atoms with Gasteiger partial charge in [-0.2, -0.15) is 0 Å². The standard InChI is InChI=1S/C21H31ClN4O3/c1-21(2,3)29-20(28)24-17-8-12-26(13-9-17)19(27)15-6-10-25(11-7-15)18-5-4-16(22)14-23-18/h4-5,14-15,17H,6-13H2,1-3H3,(H,24,28). The highest BCUT2D eigenvalue weighted by molar-refractivity contribution is 6.30. The summed E-state index contributed by atoms with van der Waals surface area (Å²) in [6, 6.07) is 3.83. The van der Waals surface area contributed by atoms with Gasteiger partial charge in [0.05, 0.1) is 5.02 Å². The third-order valence-corrected chi connectivity index (χ3v) is 5.63. The van der Waals surface area contributed by atoms with Crippen molar-refractivity contribution in [1.29, 1.82) is 0 Å². The molecule has 0 saturated carbocycles. The van der Waals surface area contributed by atoms with E-state index in [0.717, 1.165) is 44.6 Å². The molecule has 1 N–H and O–H groups in total. The maximum Gasteiger partial charge on any atom is 0.407 e. The molecule has 2 amide bonds. The number of aromatic nitrogens is 1. The molecule has 0 unspecified atom stereocenters. The van der Waals surface area contributed by atoms with E-state index in [9.17, 15) is 9.59 Å². The zero-order valence-corrected chi connectivity index (χ0v) is 18.2. The zero-order chi connectivity index (χ0) is 21.0. The number of nitrogens with one attached hydrogen (secondary N) is 1. The lowest BCUT2D eigenvalue weighted by Crippen LogP contribution is -2.50. The maximum atomic E-state index is 12.9. The van der Waals surface area contributed by atoms with Crippen LogP contribution in [-0.2, 0) is 9.53 Å². The van der Waals surface area contributed by atoms with E-state index in [-0.39, 0.29) is 24.0 Å². The van der Waals surface area contributed by atoms with Crippen LogP contribution in [0, 0.1) is 5.92 Å². The van der Waals surface area contributed by atoms with Gasteiger partial charge < -0.3 is 19.9 Å². The minimum absolute atomic E-state index is 0.0618. The van der Waals surface area contributed by atoms with Gasteiger partial charge in [-0.25, -0.2) is 9.78 Å². The van der Waals surface area contributed by atoms with Crippen LogP contribution in [0.2, 0.25) is 5.02 Å². The summed E-state index contributed by atoms with van der Waals surface area (Å²) in [5, 5.41) is 3.55.